The van der Waals surface area contributed by atoms with E-state index in [9.17, 15) is 5.11 Å². The Morgan fingerprint density at radius 2 is 1.88 bits per heavy atom. The SMILES string of the molecule is CN1CC(C)(C)C[C@H]1COc1nc(N2CC3CCC(C2)N3)c2cnc(-c3cc(O)cc4ccccc34)c(F)c2n1. The Labute approximate surface area is 233 Å². The first kappa shape index (κ1) is 25.4. The monoisotopic (exact) mass is 542 g/mol. The van der Waals surface area contributed by atoms with Crippen LogP contribution in [0.2, 0.25) is 0 Å². The van der Waals surface area contributed by atoms with Gasteiger partial charge in [0, 0.05) is 49.5 Å². The van der Waals surface area contributed by atoms with Crippen molar-refractivity contribution in [2.24, 2.45) is 5.41 Å². The molecule has 2 N–H and O–H groups in total. The predicted molar refractivity (Wildman–Crippen MR) is 154 cm³/mol. The van der Waals surface area contributed by atoms with Crippen LogP contribution < -0.4 is 15.0 Å². The fraction of sp³-hybridized carbons (Fsp3) is 0.452. The van der Waals surface area contributed by atoms with Gasteiger partial charge in [-0.05, 0) is 54.6 Å². The minimum Gasteiger partial charge on any atom is -0.508 e. The molecular formula is C31H35FN6O2. The summed E-state index contributed by atoms with van der Waals surface area (Å²) < 4.78 is 22.7. The zero-order chi connectivity index (χ0) is 27.6. The molecule has 2 unspecified atom stereocenters. The molecule has 5 heterocycles. The Bertz CT molecular complexity index is 1600. The number of ether oxygens (including phenoxy) is 1. The number of aromatic nitrogens is 3. The number of hydrogen-bond acceptors (Lipinski definition) is 8. The van der Waals surface area contributed by atoms with Gasteiger partial charge in [-0.1, -0.05) is 38.1 Å². The van der Waals surface area contributed by atoms with Gasteiger partial charge in [0.2, 0.25) is 0 Å². The van der Waals surface area contributed by atoms with E-state index < -0.39 is 5.82 Å². The summed E-state index contributed by atoms with van der Waals surface area (Å²) in [6, 6.07) is 12.0. The normalized spacial score (nSPS) is 24.3. The Morgan fingerprint density at radius 1 is 1.10 bits per heavy atom. The molecule has 0 aliphatic carbocycles. The number of phenols is 1. The van der Waals surface area contributed by atoms with Crippen molar-refractivity contribution in [3.63, 3.8) is 0 Å². The molecule has 0 saturated carbocycles. The average molecular weight is 543 g/mol. The third-order valence-electron chi connectivity index (χ3n) is 8.76. The predicted octanol–water partition coefficient (Wildman–Crippen LogP) is 4.74. The molecule has 208 valence electrons. The van der Waals surface area contributed by atoms with Gasteiger partial charge in [0.05, 0.1) is 5.39 Å². The highest BCUT2D eigenvalue weighted by atomic mass is 19.1. The summed E-state index contributed by atoms with van der Waals surface area (Å²) in [7, 11) is 2.11. The minimum atomic E-state index is -0.543. The maximum absolute atomic E-state index is 16.5. The second kappa shape index (κ2) is 9.52. The number of nitrogens with zero attached hydrogens (tertiary/aromatic N) is 5. The van der Waals surface area contributed by atoms with Crippen molar-refractivity contribution >= 4 is 27.5 Å². The van der Waals surface area contributed by atoms with Gasteiger partial charge in [-0.25, -0.2) is 4.39 Å². The van der Waals surface area contributed by atoms with Crippen molar-refractivity contribution in [3.05, 3.63) is 48.4 Å². The Morgan fingerprint density at radius 3 is 2.62 bits per heavy atom. The maximum atomic E-state index is 16.5. The number of hydrogen-bond donors (Lipinski definition) is 2. The zero-order valence-corrected chi connectivity index (χ0v) is 23.2. The van der Waals surface area contributed by atoms with Crippen molar-refractivity contribution in [2.45, 2.75) is 51.2 Å². The molecule has 3 saturated heterocycles. The molecule has 3 aliphatic rings. The molecule has 7 rings (SSSR count). The van der Waals surface area contributed by atoms with Crippen molar-refractivity contribution in [2.75, 3.05) is 38.2 Å². The lowest BCUT2D eigenvalue weighted by Gasteiger charge is -2.34. The van der Waals surface area contributed by atoms with E-state index in [1.54, 1.807) is 18.3 Å². The number of nitrogens with one attached hydrogen (secondary N) is 1. The van der Waals surface area contributed by atoms with Gasteiger partial charge in [-0.3, -0.25) is 9.88 Å². The van der Waals surface area contributed by atoms with Crippen LogP contribution in [0.25, 0.3) is 32.9 Å². The standard InChI is InChI=1S/C31H35FN6O2/c1-31(2)12-21(37(3)17-31)16-40-30-35-28-25(29(36-30)38-14-19-8-9-20(15-38)34-19)13-33-27(26(28)32)24-11-22(39)10-18-6-4-5-7-23(18)24/h4-7,10-11,13,19-21,34,39H,8-9,12,14-17H2,1-3H3/t19?,20?,21-/m0/s1. The van der Waals surface area contributed by atoms with Crippen molar-refractivity contribution in [1.29, 1.82) is 0 Å². The van der Waals surface area contributed by atoms with Crippen LogP contribution in [-0.4, -0.2) is 76.4 Å². The van der Waals surface area contributed by atoms with Crippen LogP contribution in [0.5, 0.6) is 11.8 Å². The highest BCUT2D eigenvalue weighted by Gasteiger charge is 2.36. The molecule has 3 aliphatic heterocycles. The molecule has 9 heteroatoms. The molecule has 0 amide bonds. The smallest absolute Gasteiger partial charge is 0.319 e. The molecule has 8 nitrogen and oxygen atoms in total. The molecule has 0 spiro atoms. The van der Waals surface area contributed by atoms with Crippen LogP contribution in [-0.2, 0) is 0 Å². The summed E-state index contributed by atoms with van der Waals surface area (Å²) in [5.41, 5.74) is 1.07. The molecule has 40 heavy (non-hydrogen) atoms. The molecule has 2 aromatic heterocycles. The van der Waals surface area contributed by atoms with E-state index in [-0.39, 0.29) is 34.4 Å². The molecule has 2 aromatic carbocycles. The number of fused-ring (bicyclic) bond motifs is 4. The van der Waals surface area contributed by atoms with Crippen molar-refractivity contribution < 1.29 is 14.2 Å². The van der Waals surface area contributed by atoms with Gasteiger partial charge in [0.25, 0.3) is 0 Å². The minimum absolute atomic E-state index is 0.0577. The number of likely N-dealkylation sites (N-methyl/N-ethyl adjacent to an activating group) is 1. The fourth-order valence-corrected chi connectivity index (χ4v) is 7.00. The maximum Gasteiger partial charge on any atom is 0.319 e. The molecule has 2 bridgehead atoms. The van der Waals surface area contributed by atoms with Gasteiger partial charge in [0.1, 0.15) is 29.4 Å². The third-order valence-corrected chi connectivity index (χ3v) is 8.76. The summed E-state index contributed by atoms with van der Waals surface area (Å²) in [5, 5.41) is 16.3. The zero-order valence-electron chi connectivity index (χ0n) is 23.2. The summed E-state index contributed by atoms with van der Waals surface area (Å²) in [5.74, 6) is 0.179. The first-order valence-electron chi connectivity index (χ1n) is 14.2. The van der Waals surface area contributed by atoms with Crippen molar-refractivity contribution in [3.8, 4) is 23.0 Å². The summed E-state index contributed by atoms with van der Waals surface area (Å²) in [4.78, 5) is 18.6. The molecule has 3 fully saturated rings. The number of phenolic OH excluding ortho intramolecular Hbond substituents is 1. The van der Waals surface area contributed by atoms with Crippen LogP contribution in [0.15, 0.2) is 42.6 Å². The van der Waals surface area contributed by atoms with E-state index in [1.165, 1.54) is 0 Å². The van der Waals surface area contributed by atoms with E-state index in [2.05, 4.69) is 46.0 Å². The Hall–Kier alpha value is -3.56. The van der Waals surface area contributed by atoms with Crippen LogP contribution in [0.4, 0.5) is 10.2 Å². The molecule has 0 radical (unpaired) electrons. The molecule has 3 atom stereocenters. The van der Waals surface area contributed by atoms with E-state index >= 15 is 4.39 Å². The number of likely N-dealkylation sites (tertiary alicyclic amines) is 1. The number of aromatic hydroxyl groups is 1. The third kappa shape index (κ3) is 4.51. The van der Waals surface area contributed by atoms with E-state index in [0.717, 1.165) is 49.7 Å². The number of pyridine rings is 1. The first-order valence-corrected chi connectivity index (χ1v) is 14.2. The number of benzene rings is 2. The van der Waals surface area contributed by atoms with E-state index in [0.29, 0.717) is 35.5 Å². The quantitative estimate of drug-likeness (QED) is 0.374. The van der Waals surface area contributed by atoms with Crippen LogP contribution in [0, 0.1) is 11.2 Å². The lowest BCUT2D eigenvalue weighted by molar-refractivity contribution is 0.188. The average Bonchev–Trinajstić information content (AvgIpc) is 3.41. The molecule has 4 aromatic rings. The van der Waals surface area contributed by atoms with Gasteiger partial charge >= 0.3 is 6.01 Å². The second-order valence-corrected chi connectivity index (χ2v) is 12.5. The number of anilines is 1. The van der Waals surface area contributed by atoms with Gasteiger partial charge in [-0.15, -0.1) is 0 Å². The first-order chi connectivity index (χ1) is 19.2. The van der Waals surface area contributed by atoms with Crippen LogP contribution in [0.3, 0.4) is 0 Å². The van der Waals surface area contributed by atoms with E-state index in [1.807, 2.05) is 24.3 Å². The summed E-state index contributed by atoms with van der Waals surface area (Å²) in [6.07, 6.45) is 4.93. The van der Waals surface area contributed by atoms with Gasteiger partial charge < -0.3 is 20.1 Å². The van der Waals surface area contributed by atoms with Gasteiger partial charge in [-0.2, -0.15) is 9.97 Å². The Kier molecular flexibility index (Phi) is 6.05. The highest BCUT2D eigenvalue weighted by molar-refractivity contribution is 5.99. The van der Waals surface area contributed by atoms with Gasteiger partial charge in [0.15, 0.2) is 5.82 Å². The highest BCUT2D eigenvalue weighted by Crippen LogP contribution is 2.38. The van der Waals surface area contributed by atoms with Crippen molar-refractivity contribution in [1.82, 2.24) is 25.2 Å². The van der Waals surface area contributed by atoms with Crippen LogP contribution >= 0.6 is 0 Å². The Balaban J connectivity index is 1.33. The number of rotatable bonds is 5. The second-order valence-electron chi connectivity index (χ2n) is 12.5. The lowest BCUT2D eigenvalue weighted by atomic mass is 9.91. The fourth-order valence-electron chi connectivity index (χ4n) is 7.00. The largest absolute Gasteiger partial charge is 0.508 e. The topological polar surface area (TPSA) is 86.6 Å². The van der Waals surface area contributed by atoms with E-state index in [4.69, 9.17) is 9.72 Å². The lowest BCUT2D eigenvalue weighted by Crippen LogP contribution is -2.51. The molecular weight excluding hydrogens is 507 g/mol. The summed E-state index contributed by atoms with van der Waals surface area (Å²) >= 11 is 0. The van der Waals surface area contributed by atoms with Crippen LogP contribution in [0.1, 0.15) is 33.1 Å². The summed E-state index contributed by atoms with van der Waals surface area (Å²) in [6.45, 7) is 7.55. The number of piperazine rings is 1. The number of halogens is 1.